The van der Waals surface area contributed by atoms with Crippen molar-refractivity contribution in [3.8, 4) is 0 Å². The molecule has 0 saturated heterocycles. The topological polar surface area (TPSA) is 36.4 Å². The highest BCUT2D eigenvalue weighted by atomic mass is 32.2. The first-order valence-corrected chi connectivity index (χ1v) is 6.62. The van der Waals surface area contributed by atoms with Crippen molar-refractivity contribution in [3.63, 3.8) is 0 Å². The number of hydrogen-bond acceptors (Lipinski definition) is 2. The minimum atomic E-state index is 0.602. The van der Waals surface area contributed by atoms with Crippen molar-refractivity contribution >= 4 is 17.7 Å². The van der Waals surface area contributed by atoms with Gasteiger partial charge in [0.15, 0.2) is 5.96 Å². The summed E-state index contributed by atoms with van der Waals surface area (Å²) < 4.78 is 0. The largest absolute Gasteiger partial charge is 0.357 e. The van der Waals surface area contributed by atoms with Gasteiger partial charge >= 0.3 is 0 Å². The van der Waals surface area contributed by atoms with Crippen LogP contribution in [-0.4, -0.2) is 36.6 Å². The molecule has 0 aliphatic heterocycles. The molecule has 0 heterocycles. The van der Waals surface area contributed by atoms with Crippen LogP contribution in [0.5, 0.6) is 0 Å². The lowest BCUT2D eigenvalue weighted by Gasteiger charge is -2.11. The number of rotatable bonds is 5. The standard InChI is InChI=1S/C10H21N3S/c1-4-11-10(13-9-5-6-9)12-7-8(2)14-3/h8-9H,4-7H2,1-3H3,(H2,11,12,13). The Morgan fingerprint density at radius 1 is 1.57 bits per heavy atom. The molecule has 1 rings (SSSR count). The number of guanidine groups is 1. The van der Waals surface area contributed by atoms with E-state index in [9.17, 15) is 0 Å². The van der Waals surface area contributed by atoms with E-state index in [2.05, 4.69) is 35.7 Å². The fourth-order valence-electron chi connectivity index (χ4n) is 1.04. The zero-order chi connectivity index (χ0) is 10.4. The van der Waals surface area contributed by atoms with Crippen molar-refractivity contribution in [3.05, 3.63) is 0 Å². The van der Waals surface area contributed by atoms with Gasteiger partial charge in [-0.25, -0.2) is 0 Å². The molecule has 1 saturated carbocycles. The van der Waals surface area contributed by atoms with Gasteiger partial charge in [-0.1, -0.05) is 6.92 Å². The third-order valence-corrected chi connectivity index (χ3v) is 3.13. The van der Waals surface area contributed by atoms with Gasteiger partial charge in [0, 0.05) is 17.8 Å². The Morgan fingerprint density at radius 3 is 2.79 bits per heavy atom. The Balaban J connectivity index is 2.30. The lowest BCUT2D eigenvalue weighted by Crippen LogP contribution is -2.38. The Kier molecular flexibility index (Phi) is 5.15. The van der Waals surface area contributed by atoms with Gasteiger partial charge < -0.3 is 10.6 Å². The molecular formula is C10H21N3S. The molecule has 1 aliphatic rings. The first-order chi connectivity index (χ1) is 6.76. The second-order valence-corrected chi connectivity index (χ2v) is 4.96. The van der Waals surface area contributed by atoms with Gasteiger partial charge in [-0.15, -0.1) is 0 Å². The molecule has 82 valence electrons. The van der Waals surface area contributed by atoms with Crippen molar-refractivity contribution in [2.24, 2.45) is 4.99 Å². The molecule has 2 N–H and O–H groups in total. The van der Waals surface area contributed by atoms with Gasteiger partial charge in [-0.2, -0.15) is 11.8 Å². The molecule has 4 heteroatoms. The summed E-state index contributed by atoms with van der Waals surface area (Å²) in [5.74, 6) is 0.982. The van der Waals surface area contributed by atoms with Crippen LogP contribution in [0.3, 0.4) is 0 Å². The first-order valence-electron chi connectivity index (χ1n) is 5.34. The van der Waals surface area contributed by atoms with Crippen LogP contribution >= 0.6 is 11.8 Å². The van der Waals surface area contributed by atoms with Gasteiger partial charge in [0.1, 0.15) is 0 Å². The first kappa shape index (κ1) is 11.7. The van der Waals surface area contributed by atoms with E-state index in [1.807, 2.05) is 11.8 Å². The molecule has 14 heavy (non-hydrogen) atoms. The summed E-state index contributed by atoms with van der Waals surface area (Å²) in [7, 11) is 0. The summed E-state index contributed by atoms with van der Waals surface area (Å²) in [6, 6.07) is 0.678. The van der Waals surface area contributed by atoms with E-state index in [0.717, 1.165) is 19.0 Å². The van der Waals surface area contributed by atoms with Gasteiger partial charge in [-0.05, 0) is 26.0 Å². The fourth-order valence-corrected chi connectivity index (χ4v) is 1.26. The smallest absolute Gasteiger partial charge is 0.191 e. The van der Waals surface area contributed by atoms with Crippen LogP contribution in [0.25, 0.3) is 0 Å². The van der Waals surface area contributed by atoms with Crippen LogP contribution < -0.4 is 10.6 Å². The van der Waals surface area contributed by atoms with Crippen molar-refractivity contribution in [2.75, 3.05) is 19.3 Å². The van der Waals surface area contributed by atoms with E-state index in [1.54, 1.807) is 0 Å². The molecule has 1 aliphatic carbocycles. The molecule has 0 spiro atoms. The number of nitrogens with zero attached hydrogens (tertiary/aromatic N) is 1. The van der Waals surface area contributed by atoms with Crippen LogP contribution in [0.4, 0.5) is 0 Å². The average Bonchev–Trinajstić information content (AvgIpc) is 2.98. The van der Waals surface area contributed by atoms with Gasteiger partial charge in [-0.3, -0.25) is 4.99 Å². The van der Waals surface area contributed by atoms with Crippen LogP contribution in [0.2, 0.25) is 0 Å². The number of aliphatic imine (C=N–C) groups is 1. The molecule has 0 radical (unpaired) electrons. The summed E-state index contributed by atoms with van der Waals surface area (Å²) in [4.78, 5) is 4.54. The summed E-state index contributed by atoms with van der Waals surface area (Å²) in [5, 5.41) is 7.27. The molecule has 1 unspecified atom stereocenters. The van der Waals surface area contributed by atoms with E-state index in [1.165, 1.54) is 12.8 Å². The predicted molar refractivity (Wildman–Crippen MR) is 65.1 cm³/mol. The predicted octanol–water partition coefficient (Wildman–Crippen LogP) is 1.46. The fraction of sp³-hybridized carbons (Fsp3) is 0.900. The summed E-state index contributed by atoms with van der Waals surface area (Å²) in [6.07, 6.45) is 4.71. The molecule has 0 aromatic carbocycles. The highest BCUT2D eigenvalue weighted by Gasteiger charge is 2.22. The van der Waals surface area contributed by atoms with E-state index in [-0.39, 0.29) is 0 Å². The van der Waals surface area contributed by atoms with Crippen LogP contribution in [-0.2, 0) is 0 Å². The molecule has 0 amide bonds. The third kappa shape index (κ3) is 4.74. The maximum Gasteiger partial charge on any atom is 0.191 e. The van der Waals surface area contributed by atoms with Crippen LogP contribution in [0, 0.1) is 0 Å². The maximum absolute atomic E-state index is 4.54. The summed E-state index contributed by atoms with van der Waals surface area (Å²) in [6.45, 7) is 6.13. The minimum Gasteiger partial charge on any atom is -0.357 e. The molecule has 0 aromatic rings. The number of thioether (sulfide) groups is 1. The molecule has 0 aromatic heterocycles. The Hall–Kier alpha value is -0.380. The molecule has 0 bridgehead atoms. The van der Waals surface area contributed by atoms with E-state index in [0.29, 0.717) is 11.3 Å². The monoisotopic (exact) mass is 215 g/mol. The van der Waals surface area contributed by atoms with E-state index < -0.39 is 0 Å². The lowest BCUT2D eigenvalue weighted by atomic mass is 10.5. The summed E-state index contributed by atoms with van der Waals surface area (Å²) >= 11 is 1.86. The van der Waals surface area contributed by atoms with Crippen molar-refractivity contribution in [1.82, 2.24) is 10.6 Å². The minimum absolute atomic E-state index is 0.602. The van der Waals surface area contributed by atoms with E-state index in [4.69, 9.17) is 0 Å². The summed E-state index contributed by atoms with van der Waals surface area (Å²) in [5.41, 5.74) is 0. The highest BCUT2D eigenvalue weighted by molar-refractivity contribution is 7.99. The average molecular weight is 215 g/mol. The van der Waals surface area contributed by atoms with Gasteiger partial charge in [0.05, 0.1) is 6.54 Å². The third-order valence-electron chi connectivity index (χ3n) is 2.17. The number of nitrogens with one attached hydrogen (secondary N) is 2. The molecule has 1 atom stereocenters. The normalized spacial score (nSPS) is 19.2. The van der Waals surface area contributed by atoms with E-state index >= 15 is 0 Å². The van der Waals surface area contributed by atoms with Crippen LogP contribution in [0.1, 0.15) is 26.7 Å². The van der Waals surface area contributed by atoms with Gasteiger partial charge in [0.2, 0.25) is 0 Å². The second-order valence-electron chi connectivity index (χ2n) is 3.68. The SMILES string of the molecule is CCNC(=NCC(C)SC)NC1CC1. The number of hydrogen-bond donors (Lipinski definition) is 2. The zero-order valence-corrected chi connectivity index (χ0v) is 10.2. The zero-order valence-electron chi connectivity index (χ0n) is 9.34. The second kappa shape index (κ2) is 6.17. The van der Waals surface area contributed by atoms with Crippen LogP contribution in [0.15, 0.2) is 4.99 Å². The van der Waals surface area contributed by atoms with Crippen molar-refractivity contribution < 1.29 is 0 Å². The molecular weight excluding hydrogens is 194 g/mol. The van der Waals surface area contributed by atoms with Crippen molar-refractivity contribution in [1.29, 1.82) is 0 Å². The highest BCUT2D eigenvalue weighted by Crippen LogP contribution is 2.18. The lowest BCUT2D eigenvalue weighted by molar-refractivity contribution is 0.807. The van der Waals surface area contributed by atoms with Crippen molar-refractivity contribution in [2.45, 2.75) is 38.0 Å². The maximum atomic E-state index is 4.54. The Bertz CT molecular complexity index is 190. The molecule has 3 nitrogen and oxygen atoms in total. The Morgan fingerprint density at radius 2 is 2.29 bits per heavy atom. The molecule has 1 fully saturated rings. The Labute approximate surface area is 91.1 Å². The quantitative estimate of drug-likeness (QED) is 0.538. The van der Waals surface area contributed by atoms with Gasteiger partial charge in [0.25, 0.3) is 0 Å².